The monoisotopic (exact) mass is 238 g/mol. The van der Waals surface area contributed by atoms with Crippen molar-refractivity contribution in [3.05, 3.63) is 28.9 Å². The van der Waals surface area contributed by atoms with E-state index in [1.165, 1.54) is 0 Å². The lowest BCUT2D eigenvalue weighted by Crippen LogP contribution is -2.23. The van der Waals surface area contributed by atoms with Gasteiger partial charge in [-0.25, -0.2) is 0 Å². The van der Waals surface area contributed by atoms with Crippen LogP contribution in [-0.4, -0.2) is 21.5 Å². The molecule has 2 aromatic rings. The molecule has 2 rings (SSSR count). The number of aliphatic hydroxyl groups is 1. The van der Waals surface area contributed by atoms with Crippen LogP contribution in [0.15, 0.2) is 18.2 Å². The van der Waals surface area contributed by atoms with Crippen molar-refractivity contribution in [3.63, 3.8) is 0 Å². The number of hydrogen-bond donors (Lipinski definition) is 1. The molecule has 0 unspecified atom stereocenters. The third-order valence-corrected chi connectivity index (χ3v) is 3.22. The van der Waals surface area contributed by atoms with Crippen LogP contribution in [-0.2, 0) is 12.5 Å². The molecule has 0 radical (unpaired) electrons. The zero-order valence-electron chi connectivity index (χ0n) is 9.66. The molecule has 0 saturated carbocycles. The van der Waals surface area contributed by atoms with Crippen LogP contribution in [0.25, 0.3) is 10.9 Å². The normalized spacial score (nSPS) is 12.3. The minimum absolute atomic E-state index is 0.0922. The Morgan fingerprint density at radius 2 is 2.12 bits per heavy atom. The molecule has 0 aliphatic rings. The number of nitrogens with zero attached hydrogens (tertiary/aromatic N) is 2. The predicted molar refractivity (Wildman–Crippen MR) is 65.8 cm³/mol. The molecule has 0 amide bonds. The number of rotatable bonds is 2. The average molecular weight is 239 g/mol. The van der Waals surface area contributed by atoms with Crippen LogP contribution in [0.5, 0.6) is 0 Å². The lowest BCUT2D eigenvalue weighted by Gasteiger charge is -2.23. The highest BCUT2D eigenvalue weighted by molar-refractivity contribution is 6.34. The standard InChI is InChI=1S/C12H15ClN2O/c1-12(2,7-16)9-6-4-5-8-10(9)15(3)14-11(8)13/h4-6,16H,7H2,1-3H3. The first-order chi connectivity index (χ1) is 7.47. The summed E-state index contributed by atoms with van der Waals surface area (Å²) in [4.78, 5) is 0. The van der Waals surface area contributed by atoms with Crippen molar-refractivity contribution in [1.82, 2.24) is 9.78 Å². The minimum atomic E-state index is -0.295. The van der Waals surface area contributed by atoms with Crippen LogP contribution in [0.3, 0.4) is 0 Å². The maximum absolute atomic E-state index is 9.44. The molecular formula is C12H15ClN2O. The van der Waals surface area contributed by atoms with Gasteiger partial charge in [0, 0.05) is 17.8 Å². The summed E-state index contributed by atoms with van der Waals surface area (Å²) in [5.41, 5.74) is 1.76. The predicted octanol–water partition coefficient (Wildman–Crippen LogP) is 2.50. The summed E-state index contributed by atoms with van der Waals surface area (Å²) in [5, 5.41) is 15.1. The van der Waals surface area contributed by atoms with Gasteiger partial charge < -0.3 is 5.11 Å². The van der Waals surface area contributed by atoms with Crippen LogP contribution < -0.4 is 0 Å². The van der Waals surface area contributed by atoms with E-state index in [0.717, 1.165) is 16.5 Å². The van der Waals surface area contributed by atoms with Gasteiger partial charge in [0.25, 0.3) is 0 Å². The third-order valence-electron chi connectivity index (χ3n) is 2.94. The lowest BCUT2D eigenvalue weighted by atomic mass is 9.84. The van der Waals surface area contributed by atoms with E-state index in [0.29, 0.717) is 5.15 Å². The molecule has 0 saturated heterocycles. The average Bonchev–Trinajstić information content (AvgIpc) is 2.55. The molecular weight excluding hydrogens is 224 g/mol. The van der Waals surface area contributed by atoms with Gasteiger partial charge in [0.2, 0.25) is 0 Å². The molecule has 86 valence electrons. The summed E-state index contributed by atoms with van der Waals surface area (Å²) in [5.74, 6) is 0. The van der Waals surface area contributed by atoms with Crippen molar-refractivity contribution in [1.29, 1.82) is 0 Å². The molecule has 1 aromatic heterocycles. The van der Waals surface area contributed by atoms with Crippen molar-refractivity contribution < 1.29 is 5.11 Å². The number of halogens is 1. The van der Waals surface area contributed by atoms with E-state index in [9.17, 15) is 5.11 Å². The number of aliphatic hydroxyl groups excluding tert-OH is 1. The van der Waals surface area contributed by atoms with Gasteiger partial charge in [-0.1, -0.05) is 37.6 Å². The fourth-order valence-electron chi connectivity index (χ4n) is 1.93. The van der Waals surface area contributed by atoms with Gasteiger partial charge in [-0.2, -0.15) is 5.10 Å². The molecule has 4 heteroatoms. The second kappa shape index (κ2) is 3.75. The number of para-hydroxylation sites is 1. The van der Waals surface area contributed by atoms with Crippen molar-refractivity contribution in [2.75, 3.05) is 6.61 Å². The molecule has 0 aliphatic carbocycles. The Labute approximate surface area is 99.6 Å². The highest BCUT2D eigenvalue weighted by Crippen LogP contribution is 2.32. The molecule has 1 aromatic carbocycles. The summed E-state index contributed by atoms with van der Waals surface area (Å²) in [6.45, 7) is 4.10. The summed E-state index contributed by atoms with van der Waals surface area (Å²) < 4.78 is 1.77. The van der Waals surface area contributed by atoms with Crippen molar-refractivity contribution >= 4 is 22.5 Å². The van der Waals surface area contributed by atoms with E-state index in [1.54, 1.807) is 4.68 Å². The lowest BCUT2D eigenvalue weighted by molar-refractivity contribution is 0.219. The number of benzene rings is 1. The number of hydrogen-bond acceptors (Lipinski definition) is 2. The fraction of sp³-hybridized carbons (Fsp3) is 0.417. The Bertz CT molecular complexity index is 531. The Hall–Kier alpha value is -1.06. The Morgan fingerprint density at radius 1 is 1.44 bits per heavy atom. The highest BCUT2D eigenvalue weighted by atomic mass is 35.5. The van der Waals surface area contributed by atoms with Gasteiger partial charge in [0.05, 0.1) is 12.1 Å². The quantitative estimate of drug-likeness (QED) is 0.873. The van der Waals surface area contributed by atoms with Crippen LogP contribution in [0.4, 0.5) is 0 Å². The first-order valence-electron chi connectivity index (χ1n) is 5.20. The second-order valence-electron chi connectivity index (χ2n) is 4.66. The van der Waals surface area contributed by atoms with Crippen LogP contribution >= 0.6 is 11.6 Å². The Kier molecular flexibility index (Phi) is 2.68. The zero-order chi connectivity index (χ0) is 11.9. The summed E-state index contributed by atoms with van der Waals surface area (Å²) >= 11 is 6.05. The van der Waals surface area contributed by atoms with Gasteiger partial charge in [0.1, 0.15) is 0 Å². The van der Waals surface area contributed by atoms with Crippen molar-refractivity contribution in [3.8, 4) is 0 Å². The van der Waals surface area contributed by atoms with Crippen molar-refractivity contribution in [2.24, 2.45) is 7.05 Å². The second-order valence-corrected chi connectivity index (χ2v) is 5.02. The topological polar surface area (TPSA) is 38.0 Å². The Morgan fingerprint density at radius 3 is 2.75 bits per heavy atom. The maximum atomic E-state index is 9.44. The molecule has 0 fully saturated rings. The maximum Gasteiger partial charge on any atom is 0.158 e. The van der Waals surface area contributed by atoms with Gasteiger partial charge >= 0.3 is 0 Å². The molecule has 0 aliphatic heterocycles. The SMILES string of the molecule is Cn1nc(Cl)c2cccc(C(C)(C)CO)c21. The van der Waals surface area contributed by atoms with E-state index >= 15 is 0 Å². The number of aryl methyl sites for hydroxylation is 1. The highest BCUT2D eigenvalue weighted by Gasteiger charge is 2.24. The number of aromatic nitrogens is 2. The molecule has 1 heterocycles. The van der Waals surface area contributed by atoms with Gasteiger partial charge in [0.15, 0.2) is 5.15 Å². The van der Waals surface area contributed by atoms with E-state index < -0.39 is 0 Å². The molecule has 0 atom stereocenters. The first-order valence-corrected chi connectivity index (χ1v) is 5.58. The molecule has 1 N–H and O–H groups in total. The van der Waals surface area contributed by atoms with Gasteiger partial charge in [-0.05, 0) is 11.6 Å². The van der Waals surface area contributed by atoms with Crippen LogP contribution in [0.1, 0.15) is 19.4 Å². The van der Waals surface area contributed by atoms with Crippen molar-refractivity contribution in [2.45, 2.75) is 19.3 Å². The largest absolute Gasteiger partial charge is 0.395 e. The minimum Gasteiger partial charge on any atom is -0.395 e. The molecule has 3 nitrogen and oxygen atoms in total. The molecule has 16 heavy (non-hydrogen) atoms. The smallest absolute Gasteiger partial charge is 0.158 e. The Balaban J connectivity index is 2.81. The van der Waals surface area contributed by atoms with Gasteiger partial charge in [-0.3, -0.25) is 4.68 Å². The zero-order valence-corrected chi connectivity index (χ0v) is 10.4. The van der Waals surface area contributed by atoms with Crippen LogP contribution in [0, 0.1) is 0 Å². The number of fused-ring (bicyclic) bond motifs is 1. The first kappa shape index (κ1) is 11.4. The summed E-state index contributed by atoms with van der Waals surface area (Å²) in [6.07, 6.45) is 0. The van der Waals surface area contributed by atoms with E-state index in [1.807, 2.05) is 39.1 Å². The fourth-order valence-corrected chi connectivity index (χ4v) is 2.19. The summed E-state index contributed by atoms with van der Waals surface area (Å²) in [6, 6.07) is 5.90. The van der Waals surface area contributed by atoms with Crippen LogP contribution in [0.2, 0.25) is 5.15 Å². The van der Waals surface area contributed by atoms with E-state index in [2.05, 4.69) is 5.10 Å². The molecule has 0 bridgehead atoms. The van der Waals surface area contributed by atoms with Gasteiger partial charge in [-0.15, -0.1) is 0 Å². The molecule has 0 spiro atoms. The third kappa shape index (κ3) is 1.60. The summed E-state index contributed by atoms with van der Waals surface area (Å²) in [7, 11) is 1.87. The van der Waals surface area contributed by atoms with E-state index in [-0.39, 0.29) is 12.0 Å². The van der Waals surface area contributed by atoms with E-state index in [4.69, 9.17) is 11.6 Å².